The highest BCUT2D eigenvalue weighted by Crippen LogP contribution is 2.42. The van der Waals surface area contributed by atoms with E-state index in [1.807, 2.05) is 29.2 Å². The van der Waals surface area contributed by atoms with Crippen molar-refractivity contribution in [3.8, 4) is 17.3 Å². The molecule has 8 rings (SSSR count). The van der Waals surface area contributed by atoms with Gasteiger partial charge in [-0.2, -0.15) is 9.97 Å². The summed E-state index contributed by atoms with van der Waals surface area (Å²) in [7, 11) is 0. The molecule has 11 heteroatoms. The number of pyridine rings is 1. The molecule has 2 aromatic carbocycles. The van der Waals surface area contributed by atoms with Crippen LogP contribution in [0.15, 0.2) is 42.6 Å². The van der Waals surface area contributed by atoms with E-state index in [2.05, 4.69) is 20.2 Å². The lowest BCUT2D eigenvalue weighted by atomic mass is 9.94. The molecule has 4 aliphatic rings. The lowest BCUT2D eigenvalue weighted by molar-refractivity contribution is 0.107. The van der Waals surface area contributed by atoms with Crippen molar-refractivity contribution >= 4 is 39.1 Å². The van der Waals surface area contributed by atoms with Crippen molar-refractivity contribution < 1.29 is 17.9 Å². The second-order valence-corrected chi connectivity index (χ2v) is 12.6. The first-order valence-electron chi connectivity index (χ1n) is 14.6. The highest BCUT2D eigenvalue weighted by atomic mass is 35.5. The van der Waals surface area contributed by atoms with Crippen molar-refractivity contribution in [2.45, 2.75) is 55.6 Å². The Hall–Kier alpha value is -3.21. The Labute approximate surface area is 246 Å². The maximum atomic E-state index is 16.6. The molecule has 7 nitrogen and oxygen atoms in total. The maximum Gasteiger partial charge on any atom is 0.319 e. The van der Waals surface area contributed by atoms with Crippen LogP contribution in [0.1, 0.15) is 25.7 Å². The minimum absolute atomic E-state index is 0.00526. The van der Waals surface area contributed by atoms with Crippen molar-refractivity contribution in [3.63, 3.8) is 0 Å². The van der Waals surface area contributed by atoms with Crippen LogP contribution >= 0.6 is 11.6 Å². The molecule has 0 radical (unpaired) electrons. The maximum absolute atomic E-state index is 16.6. The van der Waals surface area contributed by atoms with E-state index in [9.17, 15) is 8.78 Å². The van der Waals surface area contributed by atoms with Gasteiger partial charge in [0.15, 0.2) is 5.82 Å². The van der Waals surface area contributed by atoms with Crippen molar-refractivity contribution in [1.82, 2.24) is 25.2 Å². The van der Waals surface area contributed by atoms with Crippen LogP contribution in [0.3, 0.4) is 0 Å². The fourth-order valence-corrected chi connectivity index (χ4v) is 7.90. The molecule has 2 bridgehead atoms. The van der Waals surface area contributed by atoms with E-state index in [0.29, 0.717) is 39.3 Å². The van der Waals surface area contributed by atoms with Gasteiger partial charge in [-0.05, 0) is 24.3 Å². The van der Waals surface area contributed by atoms with Crippen molar-refractivity contribution in [2.24, 2.45) is 0 Å². The number of anilines is 1. The number of ether oxygens (including phenoxy) is 1. The van der Waals surface area contributed by atoms with Crippen molar-refractivity contribution in [2.75, 3.05) is 37.7 Å². The molecule has 2 aromatic heterocycles. The number of hydrogen-bond donors (Lipinski definition) is 1. The van der Waals surface area contributed by atoms with Gasteiger partial charge in [0.1, 0.15) is 36.0 Å². The number of nitrogens with zero attached hydrogens (tertiary/aromatic N) is 5. The Kier molecular flexibility index (Phi) is 6.24. The Morgan fingerprint density at radius 3 is 2.43 bits per heavy atom. The van der Waals surface area contributed by atoms with E-state index in [1.165, 1.54) is 0 Å². The molecule has 218 valence electrons. The fourth-order valence-electron chi connectivity index (χ4n) is 7.62. The summed E-state index contributed by atoms with van der Waals surface area (Å²) >= 11 is 6.57. The van der Waals surface area contributed by atoms with Gasteiger partial charge in [-0.1, -0.05) is 41.9 Å². The smallest absolute Gasteiger partial charge is 0.319 e. The van der Waals surface area contributed by atoms with Gasteiger partial charge in [-0.15, -0.1) is 0 Å². The van der Waals surface area contributed by atoms with Gasteiger partial charge in [0.05, 0.1) is 10.9 Å². The molecule has 42 heavy (non-hydrogen) atoms. The van der Waals surface area contributed by atoms with Gasteiger partial charge in [-0.3, -0.25) is 9.88 Å². The molecule has 4 fully saturated rings. The summed E-state index contributed by atoms with van der Waals surface area (Å²) in [5.74, 6) is -0.0399. The first kappa shape index (κ1) is 26.4. The second kappa shape index (κ2) is 9.92. The van der Waals surface area contributed by atoms with Crippen LogP contribution in [-0.2, 0) is 0 Å². The SMILES string of the molecule is Fc1c(-c2cccc3cccc(Cl)c23)ncc2c(N3C[C@H]4CC[C@@H](C3)N4)nc(OCC34CC(F)CN3CC(F)C4)nc12. The first-order chi connectivity index (χ1) is 20.4. The molecule has 4 atom stereocenters. The highest BCUT2D eigenvalue weighted by Gasteiger charge is 2.53. The summed E-state index contributed by atoms with van der Waals surface area (Å²) in [6.45, 7) is 1.84. The average Bonchev–Trinajstić information content (AvgIpc) is 3.58. The number of fused-ring (bicyclic) bond motifs is 5. The summed E-state index contributed by atoms with van der Waals surface area (Å²) in [6, 6.07) is 11.8. The Bertz CT molecular complexity index is 1680. The van der Waals surface area contributed by atoms with Gasteiger partial charge in [0, 0.05) is 73.3 Å². The third-order valence-electron chi connectivity index (χ3n) is 9.45. The number of piperazine rings is 1. The molecule has 4 aliphatic heterocycles. The summed E-state index contributed by atoms with van der Waals surface area (Å²) in [5.41, 5.74) is 0.0327. The van der Waals surface area contributed by atoms with E-state index in [4.69, 9.17) is 21.3 Å². The molecule has 1 N–H and O–H groups in total. The summed E-state index contributed by atoms with van der Waals surface area (Å²) in [4.78, 5) is 17.9. The molecule has 2 unspecified atom stereocenters. The second-order valence-electron chi connectivity index (χ2n) is 12.2. The van der Waals surface area contributed by atoms with E-state index < -0.39 is 23.7 Å². The molecular weight excluding hydrogens is 565 g/mol. The monoisotopic (exact) mass is 594 g/mol. The number of aromatic nitrogens is 3. The largest absolute Gasteiger partial charge is 0.461 e. The minimum Gasteiger partial charge on any atom is -0.461 e. The standard InChI is InChI=1S/C31H30ClF3N6O/c32-24-6-2-4-17-3-1-5-22(25(17)24)27-26(35)28-23(11-36-27)29(40-14-20-7-8-21(15-40)37-20)39-30(38-28)42-16-31-9-18(33)12-41(31)13-19(34)10-31/h1-6,11,18-21,37H,7-10,12-16H2/t18?,19?,20-,21+,31?. The summed E-state index contributed by atoms with van der Waals surface area (Å²) in [5, 5.41) is 6.19. The topological polar surface area (TPSA) is 66.4 Å². The average molecular weight is 595 g/mol. The van der Waals surface area contributed by atoms with Gasteiger partial charge in [0.25, 0.3) is 0 Å². The summed E-state index contributed by atoms with van der Waals surface area (Å²) < 4.78 is 51.5. The van der Waals surface area contributed by atoms with E-state index in [1.54, 1.807) is 18.3 Å². The molecule has 0 aliphatic carbocycles. The Morgan fingerprint density at radius 1 is 0.976 bits per heavy atom. The van der Waals surface area contributed by atoms with Crippen molar-refractivity contribution in [1.29, 1.82) is 0 Å². The van der Waals surface area contributed by atoms with Crippen LogP contribution in [0.5, 0.6) is 6.01 Å². The number of hydrogen-bond acceptors (Lipinski definition) is 7. The van der Waals surface area contributed by atoms with E-state index >= 15 is 4.39 Å². The highest BCUT2D eigenvalue weighted by molar-refractivity contribution is 6.36. The summed E-state index contributed by atoms with van der Waals surface area (Å²) in [6.07, 6.45) is 2.08. The zero-order valence-electron chi connectivity index (χ0n) is 22.9. The third kappa shape index (κ3) is 4.29. The van der Waals surface area contributed by atoms with Gasteiger partial charge >= 0.3 is 6.01 Å². The zero-order chi connectivity index (χ0) is 28.6. The van der Waals surface area contributed by atoms with Crippen molar-refractivity contribution in [3.05, 3.63) is 53.4 Å². The normalized spacial score (nSPS) is 29.1. The lowest BCUT2D eigenvalue weighted by Gasteiger charge is -2.34. The number of alkyl halides is 2. The van der Waals surface area contributed by atoms with Crippen LogP contribution in [-0.4, -0.2) is 82.6 Å². The van der Waals surface area contributed by atoms with Gasteiger partial charge in [-0.25, -0.2) is 13.2 Å². The molecule has 6 heterocycles. The van der Waals surface area contributed by atoms with E-state index in [0.717, 1.165) is 31.3 Å². The van der Waals surface area contributed by atoms with Gasteiger partial charge < -0.3 is 15.0 Å². The predicted octanol–water partition coefficient (Wildman–Crippen LogP) is 5.48. The van der Waals surface area contributed by atoms with Gasteiger partial charge in [0.2, 0.25) is 0 Å². The quantitative estimate of drug-likeness (QED) is 0.328. The van der Waals surface area contributed by atoms with Crippen LogP contribution in [0, 0.1) is 5.82 Å². The van der Waals surface area contributed by atoms with Crippen LogP contribution < -0.4 is 15.0 Å². The molecule has 0 amide bonds. The first-order valence-corrected chi connectivity index (χ1v) is 15.0. The number of benzene rings is 2. The van der Waals surface area contributed by atoms with E-state index in [-0.39, 0.29) is 49.8 Å². The number of halogens is 4. The molecule has 4 saturated heterocycles. The third-order valence-corrected chi connectivity index (χ3v) is 9.76. The number of rotatable bonds is 5. The van der Waals surface area contributed by atoms with Crippen LogP contribution in [0.4, 0.5) is 19.0 Å². The number of nitrogens with one attached hydrogen (secondary N) is 1. The van der Waals surface area contributed by atoms with Crippen LogP contribution in [0.2, 0.25) is 5.02 Å². The molecular formula is C31H30ClF3N6O. The van der Waals surface area contributed by atoms with Crippen LogP contribution in [0.25, 0.3) is 32.9 Å². The minimum atomic E-state index is -1.04. The molecule has 0 saturated carbocycles. The Morgan fingerprint density at radius 2 is 1.69 bits per heavy atom. The zero-order valence-corrected chi connectivity index (χ0v) is 23.6. The Balaban J connectivity index is 1.24. The molecule has 4 aromatic rings. The predicted molar refractivity (Wildman–Crippen MR) is 156 cm³/mol. The lowest BCUT2D eigenvalue weighted by Crippen LogP contribution is -2.51. The molecule has 0 spiro atoms. The fraction of sp³-hybridized carbons (Fsp3) is 0.452.